The fourth-order valence-corrected chi connectivity index (χ4v) is 1.87. The zero-order chi connectivity index (χ0) is 10.7. The molecule has 0 bridgehead atoms. The third kappa shape index (κ3) is 2.52. The van der Waals surface area contributed by atoms with Gasteiger partial charge in [0.1, 0.15) is 0 Å². The molecule has 0 spiro atoms. The molecule has 0 amide bonds. The summed E-state index contributed by atoms with van der Waals surface area (Å²) < 4.78 is 4.67. The second kappa shape index (κ2) is 4.52. The second-order valence-corrected chi connectivity index (χ2v) is 5.49. The van der Waals surface area contributed by atoms with Gasteiger partial charge >= 0.3 is 5.97 Å². The Hall–Kier alpha value is -0.950. The summed E-state index contributed by atoms with van der Waals surface area (Å²) in [5, 5.41) is 0. The van der Waals surface area contributed by atoms with Crippen molar-refractivity contribution < 1.29 is 9.53 Å². The van der Waals surface area contributed by atoms with Crippen LogP contribution in [0.4, 0.5) is 0 Å². The van der Waals surface area contributed by atoms with Crippen molar-refractivity contribution in [2.24, 2.45) is 0 Å². The number of hydrogen-bond acceptors (Lipinski definition) is 3. The molecule has 0 unspecified atom stereocenters. The maximum Gasteiger partial charge on any atom is 0.337 e. The lowest BCUT2D eigenvalue weighted by Gasteiger charge is -2.08. The highest BCUT2D eigenvalue weighted by molar-refractivity contribution is 7.63. The Bertz CT molecular complexity index is 350. The summed E-state index contributed by atoms with van der Waals surface area (Å²) in [6.07, 6.45) is 0. The van der Waals surface area contributed by atoms with Crippen molar-refractivity contribution in [2.45, 2.75) is 6.92 Å². The SMILES string of the molecule is COC(=O)c1cc(C)nc(P(C)C)c1. The highest BCUT2D eigenvalue weighted by atomic mass is 31.1. The molecule has 0 aromatic carbocycles. The molecule has 1 aromatic heterocycles. The summed E-state index contributed by atoms with van der Waals surface area (Å²) in [6, 6.07) is 3.55. The van der Waals surface area contributed by atoms with Gasteiger partial charge in [-0.05, 0) is 32.4 Å². The number of carbonyl (C=O) groups is 1. The first kappa shape index (κ1) is 11.1. The second-order valence-electron chi connectivity index (χ2n) is 3.24. The summed E-state index contributed by atoms with van der Waals surface area (Å²) >= 11 is 0. The molecule has 1 rings (SSSR count). The quantitative estimate of drug-likeness (QED) is 0.550. The average molecular weight is 211 g/mol. The standard InChI is InChI=1S/C10H14NO2P/c1-7-5-8(10(12)13-2)6-9(11-7)14(3)4/h5-6H,1-4H3. The summed E-state index contributed by atoms with van der Waals surface area (Å²) in [5.74, 6) is -0.298. The monoisotopic (exact) mass is 211 g/mol. The van der Waals surface area contributed by atoms with E-state index in [0.717, 1.165) is 11.1 Å². The zero-order valence-corrected chi connectivity index (χ0v) is 9.76. The van der Waals surface area contributed by atoms with E-state index in [1.807, 2.05) is 13.0 Å². The highest BCUT2D eigenvalue weighted by Crippen LogP contribution is 2.22. The molecule has 14 heavy (non-hydrogen) atoms. The third-order valence-electron chi connectivity index (χ3n) is 1.82. The van der Waals surface area contributed by atoms with Crippen LogP contribution in [0, 0.1) is 6.92 Å². The van der Waals surface area contributed by atoms with Crippen molar-refractivity contribution in [2.75, 3.05) is 20.4 Å². The van der Waals surface area contributed by atoms with Crippen molar-refractivity contribution >= 4 is 19.3 Å². The Morgan fingerprint density at radius 2 is 2.07 bits per heavy atom. The number of aromatic nitrogens is 1. The predicted octanol–water partition coefficient (Wildman–Crippen LogP) is 1.54. The molecule has 76 valence electrons. The molecule has 3 nitrogen and oxygen atoms in total. The Balaban J connectivity index is 3.13. The van der Waals surface area contributed by atoms with Crippen LogP contribution in [0.2, 0.25) is 0 Å². The molecular formula is C10H14NO2P. The van der Waals surface area contributed by atoms with Gasteiger partial charge in [0.15, 0.2) is 0 Å². The Kier molecular flexibility index (Phi) is 3.59. The van der Waals surface area contributed by atoms with Crippen molar-refractivity contribution in [3.8, 4) is 0 Å². The van der Waals surface area contributed by atoms with Gasteiger partial charge in [-0.1, -0.05) is 7.92 Å². The van der Waals surface area contributed by atoms with E-state index in [0.29, 0.717) is 5.56 Å². The van der Waals surface area contributed by atoms with Crippen LogP contribution in [-0.4, -0.2) is 31.4 Å². The van der Waals surface area contributed by atoms with Crippen LogP contribution in [0.3, 0.4) is 0 Å². The van der Waals surface area contributed by atoms with E-state index in [1.54, 1.807) is 6.07 Å². The van der Waals surface area contributed by atoms with Crippen molar-refractivity contribution in [1.82, 2.24) is 4.98 Å². The van der Waals surface area contributed by atoms with E-state index in [1.165, 1.54) is 7.11 Å². The molecule has 0 aliphatic heterocycles. The summed E-state index contributed by atoms with van der Waals surface area (Å²) in [7, 11) is 1.11. The molecule has 0 radical (unpaired) electrons. The third-order valence-corrected chi connectivity index (χ3v) is 2.96. The number of hydrogen-bond donors (Lipinski definition) is 0. The minimum atomic E-state index is -0.298. The topological polar surface area (TPSA) is 39.2 Å². The normalized spacial score (nSPS) is 10.4. The first-order chi connectivity index (χ1) is 6.54. The van der Waals surface area contributed by atoms with E-state index >= 15 is 0 Å². The Labute approximate surface area is 85.3 Å². The summed E-state index contributed by atoms with van der Waals surface area (Å²) in [6.45, 7) is 6.10. The van der Waals surface area contributed by atoms with E-state index in [4.69, 9.17) is 0 Å². The van der Waals surface area contributed by atoms with E-state index in [-0.39, 0.29) is 13.9 Å². The molecule has 4 heteroatoms. The van der Waals surface area contributed by atoms with Gasteiger partial charge in [-0.3, -0.25) is 4.98 Å². The number of pyridine rings is 1. The lowest BCUT2D eigenvalue weighted by molar-refractivity contribution is 0.0600. The molecule has 0 aliphatic carbocycles. The summed E-state index contributed by atoms with van der Waals surface area (Å²) in [5.41, 5.74) is 2.44. The molecule has 1 aromatic rings. The fourth-order valence-electron chi connectivity index (χ4n) is 1.12. The van der Waals surface area contributed by atoms with Crippen molar-refractivity contribution in [3.63, 3.8) is 0 Å². The average Bonchev–Trinajstić information content (AvgIpc) is 2.15. The molecule has 0 saturated heterocycles. The lowest BCUT2D eigenvalue weighted by atomic mass is 10.2. The van der Waals surface area contributed by atoms with Gasteiger partial charge in [-0.25, -0.2) is 4.79 Å². The fraction of sp³-hybridized carbons (Fsp3) is 0.400. The molecule has 0 atom stereocenters. The van der Waals surface area contributed by atoms with E-state index < -0.39 is 0 Å². The zero-order valence-electron chi connectivity index (χ0n) is 8.87. The maximum atomic E-state index is 11.3. The summed E-state index contributed by atoms with van der Waals surface area (Å²) in [4.78, 5) is 15.7. The van der Waals surface area contributed by atoms with Crippen LogP contribution < -0.4 is 5.44 Å². The number of ether oxygens (including phenoxy) is 1. The number of nitrogens with zero attached hydrogens (tertiary/aromatic N) is 1. The van der Waals surface area contributed by atoms with Crippen LogP contribution in [0.15, 0.2) is 12.1 Å². The minimum Gasteiger partial charge on any atom is -0.465 e. The molecule has 0 saturated carbocycles. The maximum absolute atomic E-state index is 11.3. The molecular weight excluding hydrogens is 197 g/mol. The number of esters is 1. The van der Waals surface area contributed by atoms with Crippen LogP contribution in [0.1, 0.15) is 16.1 Å². The molecule has 1 heterocycles. The van der Waals surface area contributed by atoms with Gasteiger partial charge in [-0.2, -0.15) is 0 Å². The van der Waals surface area contributed by atoms with Gasteiger partial charge in [0.2, 0.25) is 0 Å². The van der Waals surface area contributed by atoms with Crippen LogP contribution in [0.5, 0.6) is 0 Å². The van der Waals surface area contributed by atoms with Gasteiger partial charge in [0, 0.05) is 5.69 Å². The van der Waals surface area contributed by atoms with E-state index in [2.05, 4.69) is 23.1 Å². The van der Waals surface area contributed by atoms with Crippen LogP contribution in [-0.2, 0) is 4.74 Å². The lowest BCUT2D eigenvalue weighted by Crippen LogP contribution is -2.12. The number of rotatable bonds is 2. The highest BCUT2D eigenvalue weighted by Gasteiger charge is 2.09. The smallest absolute Gasteiger partial charge is 0.337 e. The van der Waals surface area contributed by atoms with Gasteiger partial charge in [0.25, 0.3) is 0 Å². The molecule has 0 aliphatic rings. The van der Waals surface area contributed by atoms with Gasteiger partial charge < -0.3 is 4.74 Å². The van der Waals surface area contributed by atoms with Gasteiger partial charge in [-0.15, -0.1) is 0 Å². The predicted molar refractivity (Wildman–Crippen MR) is 58.7 cm³/mol. The Morgan fingerprint density at radius 1 is 1.43 bits per heavy atom. The largest absolute Gasteiger partial charge is 0.465 e. The first-order valence-electron chi connectivity index (χ1n) is 4.29. The van der Waals surface area contributed by atoms with E-state index in [9.17, 15) is 4.79 Å². The first-order valence-corrected chi connectivity index (χ1v) is 6.52. The van der Waals surface area contributed by atoms with Crippen molar-refractivity contribution in [3.05, 3.63) is 23.4 Å². The molecule has 0 N–H and O–H groups in total. The number of carbonyl (C=O) groups excluding carboxylic acids is 1. The number of aryl methyl sites for hydroxylation is 1. The van der Waals surface area contributed by atoms with Crippen LogP contribution in [0.25, 0.3) is 0 Å². The minimum absolute atomic E-state index is 0.277. The van der Waals surface area contributed by atoms with Gasteiger partial charge in [0.05, 0.1) is 18.1 Å². The Morgan fingerprint density at radius 3 is 2.57 bits per heavy atom. The van der Waals surface area contributed by atoms with Crippen molar-refractivity contribution in [1.29, 1.82) is 0 Å². The number of methoxy groups -OCH3 is 1. The van der Waals surface area contributed by atoms with Crippen LogP contribution >= 0.6 is 7.92 Å². The molecule has 0 fully saturated rings.